The number of hydrogen-bond acceptors (Lipinski definition) is 6. The molecule has 210 valence electrons. The van der Waals surface area contributed by atoms with Crippen LogP contribution < -0.4 is 16.2 Å². The van der Waals surface area contributed by atoms with Crippen molar-refractivity contribution >= 4 is 39.1 Å². The van der Waals surface area contributed by atoms with Crippen LogP contribution in [0.1, 0.15) is 48.0 Å². The van der Waals surface area contributed by atoms with E-state index in [1.54, 1.807) is 37.5 Å². The molecule has 1 unspecified atom stereocenters. The Labute approximate surface area is 234 Å². The Morgan fingerprint density at radius 1 is 1.21 bits per heavy atom. The zero-order chi connectivity index (χ0) is 29.2. The number of benzene rings is 1. The molecule has 2 N–H and O–H groups in total. The van der Waals surface area contributed by atoms with Crippen LogP contribution in [0.5, 0.6) is 0 Å². The number of rotatable bonds is 9. The number of hydrogen-bond donors (Lipinski definition) is 2. The van der Waals surface area contributed by atoms with Gasteiger partial charge in [0, 0.05) is 42.3 Å². The van der Waals surface area contributed by atoms with Gasteiger partial charge in [-0.15, -0.1) is 11.3 Å². The third kappa shape index (κ3) is 9.92. The maximum Gasteiger partial charge on any atom is 0.258 e. The van der Waals surface area contributed by atoms with Gasteiger partial charge in [0.1, 0.15) is 6.04 Å². The molecule has 2 amide bonds. The molecule has 0 fully saturated rings. The van der Waals surface area contributed by atoms with E-state index in [1.165, 1.54) is 23.0 Å². The number of anilines is 1. The minimum Gasteiger partial charge on any atom is -0.382 e. The van der Waals surface area contributed by atoms with Crippen LogP contribution in [0.15, 0.2) is 64.4 Å². The monoisotopic (exact) mass is 552 g/mol. The summed E-state index contributed by atoms with van der Waals surface area (Å²) >= 11 is 1.28. The van der Waals surface area contributed by atoms with Crippen molar-refractivity contribution in [2.75, 3.05) is 19.0 Å². The fraction of sp³-hybridized carbons (Fsp3) is 0.400. The van der Waals surface area contributed by atoms with Crippen LogP contribution >= 0.6 is 11.3 Å². The quantitative estimate of drug-likeness (QED) is 0.262. The molecule has 0 aliphatic carbocycles. The molecule has 2 heterocycles. The summed E-state index contributed by atoms with van der Waals surface area (Å²) in [5, 5.41) is 9.17. The van der Waals surface area contributed by atoms with Crippen molar-refractivity contribution in [2.45, 2.75) is 54.0 Å². The number of carbonyl (C=O) groups is 2. The first-order chi connectivity index (χ1) is 18.4. The molecular formula is C30H40N4O4S. The number of pyridine rings is 1. The van der Waals surface area contributed by atoms with Crippen LogP contribution in [0.2, 0.25) is 0 Å². The molecule has 0 saturated heterocycles. The van der Waals surface area contributed by atoms with Crippen LogP contribution in [0.3, 0.4) is 0 Å². The number of methoxy groups -OCH3 is 1. The smallest absolute Gasteiger partial charge is 0.258 e. The minimum atomic E-state index is -0.882. The summed E-state index contributed by atoms with van der Waals surface area (Å²) in [5.41, 5.74) is 2.44. The van der Waals surface area contributed by atoms with E-state index in [2.05, 4.69) is 43.3 Å². The van der Waals surface area contributed by atoms with E-state index in [1.807, 2.05) is 37.4 Å². The summed E-state index contributed by atoms with van der Waals surface area (Å²) < 4.78 is 6.67. The summed E-state index contributed by atoms with van der Waals surface area (Å²) in [6, 6.07) is 6.51. The van der Waals surface area contributed by atoms with Gasteiger partial charge < -0.3 is 19.9 Å². The Morgan fingerprint density at radius 3 is 2.51 bits per heavy atom. The molecule has 0 bridgehead atoms. The summed E-state index contributed by atoms with van der Waals surface area (Å²) in [5.74, 6) is -0.770. The first-order valence-electron chi connectivity index (χ1n) is 12.9. The number of nitrogens with one attached hydrogen (secondary N) is 2. The minimum absolute atomic E-state index is 0.0185. The predicted octanol–water partition coefficient (Wildman–Crippen LogP) is 5.70. The number of allylic oxidation sites excluding steroid dienone is 2. The lowest BCUT2D eigenvalue weighted by molar-refractivity contribution is -0.125. The Morgan fingerprint density at radius 2 is 1.90 bits per heavy atom. The number of amides is 2. The van der Waals surface area contributed by atoms with Gasteiger partial charge in [-0.1, -0.05) is 58.9 Å². The lowest BCUT2D eigenvalue weighted by Gasteiger charge is -2.17. The lowest BCUT2D eigenvalue weighted by atomic mass is 10.0. The van der Waals surface area contributed by atoms with E-state index in [-0.39, 0.29) is 18.1 Å². The van der Waals surface area contributed by atoms with Crippen LogP contribution in [0, 0.1) is 5.41 Å². The van der Waals surface area contributed by atoms with Crippen molar-refractivity contribution in [3.05, 3.63) is 70.0 Å². The SMILES string of the molecule is C/C=C\C(=C/CC)C(=O)NC(COC)C(=O)Nc1nc(-c2ccc3c(=O)n(C)ccc3c2)cs1.CC(C)(C)C. The van der Waals surface area contributed by atoms with E-state index >= 15 is 0 Å². The fourth-order valence-corrected chi connectivity index (χ4v) is 4.11. The van der Waals surface area contributed by atoms with Gasteiger partial charge in [-0.3, -0.25) is 14.4 Å². The van der Waals surface area contributed by atoms with Crippen molar-refractivity contribution in [3.63, 3.8) is 0 Å². The zero-order valence-corrected chi connectivity index (χ0v) is 24.9. The Balaban J connectivity index is 0.000000976. The zero-order valence-electron chi connectivity index (χ0n) is 24.1. The van der Waals surface area contributed by atoms with Gasteiger partial charge in [0.2, 0.25) is 0 Å². The summed E-state index contributed by atoms with van der Waals surface area (Å²) in [6.07, 6.45) is 7.69. The number of aromatic nitrogens is 2. The molecule has 3 aromatic rings. The van der Waals surface area contributed by atoms with Crippen LogP contribution in [0.4, 0.5) is 5.13 Å². The topological polar surface area (TPSA) is 102 Å². The molecule has 1 aromatic carbocycles. The first kappa shape index (κ1) is 31.7. The molecule has 0 saturated carbocycles. The van der Waals surface area contributed by atoms with Gasteiger partial charge >= 0.3 is 0 Å². The molecule has 1 atom stereocenters. The Kier molecular flexibility index (Phi) is 11.8. The highest BCUT2D eigenvalue weighted by atomic mass is 32.1. The number of fused-ring (bicyclic) bond motifs is 1. The van der Waals surface area contributed by atoms with Gasteiger partial charge in [0.05, 0.1) is 12.3 Å². The van der Waals surface area contributed by atoms with Crippen LogP contribution in [0.25, 0.3) is 22.0 Å². The predicted molar refractivity (Wildman–Crippen MR) is 161 cm³/mol. The molecule has 0 aliphatic heterocycles. The number of nitrogens with zero attached hydrogens (tertiary/aromatic N) is 2. The summed E-state index contributed by atoms with van der Waals surface area (Å²) in [4.78, 5) is 42.2. The molecule has 3 rings (SSSR count). The second kappa shape index (κ2) is 14.6. The van der Waals surface area contributed by atoms with Gasteiger partial charge in [0.15, 0.2) is 5.13 Å². The van der Waals surface area contributed by atoms with Crippen molar-refractivity contribution < 1.29 is 14.3 Å². The van der Waals surface area contributed by atoms with Crippen molar-refractivity contribution in [3.8, 4) is 11.3 Å². The average Bonchev–Trinajstić information content (AvgIpc) is 3.33. The van der Waals surface area contributed by atoms with Crippen molar-refractivity contribution in [1.82, 2.24) is 14.9 Å². The van der Waals surface area contributed by atoms with E-state index in [0.29, 0.717) is 33.6 Å². The number of ether oxygens (including phenoxy) is 1. The fourth-order valence-electron chi connectivity index (χ4n) is 3.39. The highest BCUT2D eigenvalue weighted by Gasteiger charge is 2.23. The van der Waals surface area contributed by atoms with Gasteiger partial charge in [-0.2, -0.15) is 0 Å². The molecule has 0 aliphatic rings. The number of aryl methyl sites for hydroxylation is 1. The maximum absolute atomic E-state index is 12.9. The second-order valence-electron chi connectivity index (χ2n) is 10.6. The Bertz CT molecular complexity index is 1390. The molecule has 0 spiro atoms. The second-order valence-corrected chi connectivity index (χ2v) is 11.5. The van der Waals surface area contributed by atoms with Crippen LogP contribution in [-0.2, 0) is 21.4 Å². The Hall–Kier alpha value is -3.56. The molecule has 2 aromatic heterocycles. The van der Waals surface area contributed by atoms with E-state index < -0.39 is 11.9 Å². The van der Waals surface area contributed by atoms with E-state index in [4.69, 9.17) is 4.74 Å². The van der Waals surface area contributed by atoms with Crippen molar-refractivity contribution in [2.24, 2.45) is 12.5 Å². The average molecular weight is 553 g/mol. The molecule has 0 radical (unpaired) electrons. The van der Waals surface area contributed by atoms with Crippen LogP contribution in [-0.4, -0.2) is 41.1 Å². The normalized spacial score (nSPS) is 12.7. The van der Waals surface area contributed by atoms with Crippen molar-refractivity contribution in [1.29, 1.82) is 0 Å². The number of thiazole rings is 1. The first-order valence-corrected chi connectivity index (χ1v) is 13.7. The molecule has 8 nitrogen and oxygen atoms in total. The number of carbonyl (C=O) groups excluding carboxylic acids is 2. The van der Waals surface area contributed by atoms with Gasteiger partial charge in [-0.05, 0) is 42.3 Å². The lowest BCUT2D eigenvalue weighted by Crippen LogP contribution is -2.47. The maximum atomic E-state index is 12.9. The highest BCUT2D eigenvalue weighted by Crippen LogP contribution is 2.27. The largest absolute Gasteiger partial charge is 0.382 e. The summed E-state index contributed by atoms with van der Waals surface area (Å²) in [6.45, 7) is 12.5. The van der Waals surface area contributed by atoms with E-state index in [0.717, 1.165) is 10.9 Å². The van der Waals surface area contributed by atoms with Gasteiger partial charge in [0.25, 0.3) is 17.4 Å². The summed E-state index contributed by atoms with van der Waals surface area (Å²) in [7, 11) is 3.18. The third-order valence-electron chi connectivity index (χ3n) is 5.10. The third-order valence-corrected chi connectivity index (χ3v) is 5.86. The van der Waals surface area contributed by atoms with Gasteiger partial charge in [-0.25, -0.2) is 4.98 Å². The molecule has 9 heteroatoms. The highest BCUT2D eigenvalue weighted by molar-refractivity contribution is 7.14. The standard InChI is InChI=1S/C25H28N4O4S.C5H12/c1-5-7-16(8-6-2)22(30)26-20(14-33-4)23(31)28-25-27-21(15-34-25)18-9-10-19-17(13-18)11-12-29(3)24(19)32;1-5(2,3)4/h5,7-13,15,20H,6,14H2,1-4H3,(H,26,30)(H,27,28,31);1-4H3/b7-5-,16-8+;. The molecular weight excluding hydrogens is 512 g/mol. The van der Waals surface area contributed by atoms with E-state index in [9.17, 15) is 14.4 Å². The molecule has 39 heavy (non-hydrogen) atoms.